The minimum atomic E-state index is -0.306. The summed E-state index contributed by atoms with van der Waals surface area (Å²) in [4.78, 5) is 19.4. The van der Waals surface area contributed by atoms with Crippen molar-refractivity contribution < 1.29 is 9.84 Å². The Morgan fingerprint density at radius 2 is 1.82 bits per heavy atom. The summed E-state index contributed by atoms with van der Waals surface area (Å²) in [7, 11) is 1.92. The first-order chi connectivity index (χ1) is 16.6. The van der Waals surface area contributed by atoms with Crippen LogP contribution in [0.1, 0.15) is 6.92 Å². The Balaban J connectivity index is 1.51. The molecule has 5 heterocycles. The van der Waals surface area contributed by atoms with E-state index in [1.54, 1.807) is 4.68 Å². The van der Waals surface area contributed by atoms with E-state index in [2.05, 4.69) is 38.5 Å². The minimum absolute atomic E-state index is 0.306. The van der Waals surface area contributed by atoms with E-state index in [0.717, 1.165) is 59.4 Å². The smallest absolute Gasteiger partial charge is 0.208 e. The number of nitrogens with zero attached hydrogens (tertiary/aromatic N) is 8. The third-order valence-electron chi connectivity index (χ3n) is 6.46. The van der Waals surface area contributed by atoms with E-state index >= 15 is 0 Å². The van der Waals surface area contributed by atoms with Gasteiger partial charge in [0.15, 0.2) is 22.8 Å². The van der Waals surface area contributed by atoms with Crippen molar-refractivity contribution in [2.45, 2.75) is 19.6 Å². The normalized spacial score (nSPS) is 16.9. The number of aromatic nitrogens is 6. The van der Waals surface area contributed by atoms with Crippen LogP contribution in [-0.2, 0) is 18.3 Å². The number of morpholine rings is 1. The van der Waals surface area contributed by atoms with E-state index in [9.17, 15) is 5.11 Å². The highest BCUT2D eigenvalue weighted by Gasteiger charge is 2.31. The van der Waals surface area contributed by atoms with Gasteiger partial charge in [0.1, 0.15) is 0 Å². The predicted octanol–water partition coefficient (Wildman–Crippen LogP) is 1.93. The number of hydrogen-bond acceptors (Lipinski definition) is 8. The molecule has 3 aromatic heterocycles. The standard InChI is InChI=1S/C24H28N8O2/c1-3-32-23-20(25-24(32)31-14-18(33)15-31)22(30-9-11-34-12-10-30)26-21(27-23)17-6-4-5-16(13-17)19-7-8-29(2)28-19/h4-8,13,18,33H,3,9-12,14-15H2,1-2H3. The fraction of sp³-hybridized carbons (Fsp3) is 0.417. The zero-order valence-electron chi connectivity index (χ0n) is 19.4. The van der Waals surface area contributed by atoms with Crippen molar-refractivity contribution in [1.29, 1.82) is 0 Å². The number of aliphatic hydroxyl groups is 1. The van der Waals surface area contributed by atoms with Gasteiger partial charge in [0.25, 0.3) is 0 Å². The van der Waals surface area contributed by atoms with Crippen LogP contribution >= 0.6 is 0 Å². The van der Waals surface area contributed by atoms with Gasteiger partial charge in [-0.1, -0.05) is 18.2 Å². The molecular weight excluding hydrogens is 432 g/mol. The molecule has 176 valence electrons. The third-order valence-corrected chi connectivity index (χ3v) is 6.46. The highest BCUT2D eigenvalue weighted by Crippen LogP contribution is 2.33. The van der Waals surface area contributed by atoms with Gasteiger partial charge in [0.2, 0.25) is 5.95 Å². The lowest BCUT2D eigenvalue weighted by atomic mass is 10.1. The molecule has 0 unspecified atom stereocenters. The molecule has 0 bridgehead atoms. The van der Waals surface area contributed by atoms with Crippen LogP contribution in [0.5, 0.6) is 0 Å². The Hall–Kier alpha value is -3.50. The van der Waals surface area contributed by atoms with Gasteiger partial charge >= 0.3 is 0 Å². The molecule has 4 aromatic rings. The van der Waals surface area contributed by atoms with Gasteiger partial charge in [-0.3, -0.25) is 9.25 Å². The number of rotatable bonds is 5. The van der Waals surface area contributed by atoms with Gasteiger partial charge in [0.05, 0.1) is 25.0 Å². The zero-order valence-corrected chi connectivity index (χ0v) is 19.4. The van der Waals surface area contributed by atoms with Crippen molar-refractivity contribution in [1.82, 2.24) is 29.3 Å². The second-order valence-corrected chi connectivity index (χ2v) is 8.81. The fourth-order valence-corrected chi connectivity index (χ4v) is 4.64. The number of imidazole rings is 1. The Bertz CT molecular complexity index is 1330. The summed E-state index contributed by atoms with van der Waals surface area (Å²) in [6, 6.07) is 10.2. The molecular formula is C24H28N8O2. The summed E-state index contributed by atoms with van der Waals surface area (Å²) in [5.74, 6) is 2.34. The first-order valence-electron chi connectivity index (χ1n) is 11.7. The number of ether oxygens (including phenoxy) is 1. The van der Waals surface area contributed by atoms with Crippen LogP contribution < -0.4 is 9.80 Å². The maximum absolute atomic E-state index is 9.86. The van der Waals surface area contributed by atoms with Gasteiger partial charge in [-0.15, -0.1) is 0 Å². The quantitative estimate of drug-likeness (QED) is 0.483. The number of hydrogen-bond donors (Lipinski definition) is 1. The Labute approximate surface area is 197 Å². The van der Waals surface area contributed by atoms with Gasteiger partial charge in [-0.25, -0.2) is 15.0 Å². The van der Waals surface area contributed by atoms with Crippen molar-refractivity contribution in [3.8, 4) is 22.6 Å². The summed E-state index contributed by atoms with van der Waals surface area (Å²) in [6.07, 6.45) is 1.63. The lowest BCUT2D eigenvalue weighted by Gasteiger charge is -2.36. The molecule has 0 saturated carbocycles. The monoisotopic (exact) mass is 460 g/mol. The highest BCUT2D eigenvalue weighted by molar-refractivity contribution is 5.88. The van der Waals surface area contributed by atoms with Crippen LogP contribution in [0.25, 0.3) is 33.8 Å². The molecule has 2 aliphatic heterocycles. The molecule has 2 aliphatic rings. The van der Waals surface area contributed by atoms with Crippen molar-refractivity contribution >= 4 is 22.9 Å². The Morgan fingerprint density at radius 3 is 2.53 bits per heavy atom. The third kappa shape index (κ3) is 3.59. The zero-order chi connectivity index (χ0) is 23.2. The van der Waals surface area contributed by atoms with Crippen LogP contribution in [0.3, 0.4) is 0 Å². The molecule has 0 amide bonds. The second kappa shape index (κ2) is 8.37. The van der Waals surface area contributed by atoms with E-state index in [1.165, 1.54) is 0 Å². The molecule has 0 spiro atoms. The number of β-amino-alcohol motifs (C(OH)–C–C–N with tert-alkyl or cyclic N) is 1. The van der Waals surface area contributed by atoms with E-state index in [0.29, 0.717) is 32.1 Å². The molecule has 0 radical (unpaired) electrons. The van der Waals surface area contributed by atoms with Gasteiger partial charge in [-0.2, -0.15) is 5.10 Å². The summed E-state index contributed by atoms with van der Waals surface area (Å²) in [6.45, 7) is 6.84. The van der Waals surface area contributed by atoms with Gasteiger partial charge in [0, 0.05) is 57.1 Å². The number of fused-ring (bicyclic) bond motifs is 1. The molecule has 34 heavy (non-hydrogen) atoms. The number of anilines is 2. The SMILES string of the molecule is CCn1c(N2CC(O)C2)nc2c(N3CCOCC3)nc(-c3cccc(-c4ccn(C)n4)c3)nc21. The maximum atomic E-state index is 9.86. The Morgan fingerprint density at radius 1 is 1.03 bits per heavy atom. The summed E-state index contributed by atoms with van der Waals surface area (Å²) >= 11 is 0. The van der Waals surface area contributed by atoms with Crippen LogP contribution in [0, 0.1) is 0 Å². The largest absolute Gasteiger partial charge is 0.389 e. The molecule has 6 rings (SSSR count). The fourth-order valence-electron chi connectivity index (χ4n) is 4.64. The van der Waals surface area contributed by atoms with Gasteiger partial charge < -0.3 is 19.6 Å². The molecule has 10 nitrogen and oxygen atoms in total. The molecule has 1 aromatic carbocycles. The topological polar surface area (TPSA) is 97.4 Å². The van der Waals surface area contributed by atoms with E-state index in [1.807, 2.05) is 31.4 Å². The van der Waals surface area contributed by atoms with Gasteiger partial charge in [-0.05, 0) is 19.1 Å². The number of benzene rings is 1. The average molecular weight is 461 g/mol. The molecule has 1 N–H and O–H groups in total. The van der Waals surface area contributed by atoms with Crippen molar-refractivity contribution in [3.05, 3.63) is 36.5 Å². The minimum Gasteiger partial charge on any atom is -0.389 e. The van der Waals surface area contributed by atoms with Crippen LogP contribution in [0.2, 0.25) is 0 Å². The average Bonchev–Trinajstić information content (AvgIpc) is 3.45. The lowest BCUT2D eigenvalue weighted by Crippen LogP contribution is -2.51. The van der Waals surface area contributed by atoms with Crippen molar-refractivity contribution in [3.63, 3.8) is 0 Å². The maximum Gasteiger partial charge on any atom is 0.208 e. The second-order valence-electron chi connectivity index (χ2n) is 8.81. The molecule has 0 aliphatic carbocycles. The lowest BCUT2D eigenvalue weighted by molar-refractivity contribution is 0.122. The van der Waals surface area contributed by atoms with Crippen LogP contribution in [-0.4, -0.2) is 79.9 Å². The van der Waals surface area contributed by atoms with E-state index in [-0.39, 0.29) is 6.10 Å². The predicted molar refractivity (Wildman–Crippen MR) is 130 cm³/mol. The first-order valence-corrected chi connectivity index (χ1v) is 11.7. The van der Waals surface area contributed by atoms with Crippen molar-refractivity contribution in [2.75, 3.05) is 49.2 Å². The summed E-state index contributed by atoms with van der Waals surface area (Å²) < 4.78 is 9.51. The molecule has 2 fully saturated rings. The molecule has 2 saturated heterocycles. The number of aliphatic hydroxyl groups excluding tert-OH is 1. The Kier molecular flexibility index (Phi) is 5.19. The first kappa shape index (κ1) is 21.1. The van der Waals surface area contributed by atoms with Crippen molar-refractivity contribution in [2.24, 2.45) is 7.05 Å². The summed E-state index contributed by atoms with van der Waals surface area (Å²) in [5, 5.41) is 14.4. The molecule has 0 atom stereocenters. The van der Waals surface area contributed by atoms with Crippen LogP contribution in [0.15, 0.2) is 36.5 Å². The highest BCUT2D eigenvalue weighted by atomic mass is 16.5. The van der Waals surface area contributed by atoms with E-state index in [4.69, 9.17) is 19.7 Å². The van der Waals surface area contributed by atoms with E-state index < -0.39 is 0 Å². The summed E-state index contributed by atoms with van der Waals surface area (Å²) in [5.41, 5.74) is 4.48. The number of aryl methyl sites for hydroxylation is 2. The molecule has 10 heteroatoms. The van der Waals surface area contributed by atoms with Crippen LogP contribution in [0.4, 0.5) is 11.8 Å².